The van der Waals surface area contributed by atoms with Crippen LogP contribution >= 0.6 is 0 Å². The third kappa shape index (κ3) is 9.30. The highest BCUT2D eigenvalue weighted by molar-refractivity contribution is 5.93. The topological polar surface area (TPSA) is 103 Å². The number of amides is 3. The molecule has 4 N–H and O–H groups in total. The van der Waals surface area contributed by atoms with E-state index in [2.05, 4.69) is 38.3 Å². The Labute approximate surface area is 222 Å². The van der Waals surface area contributed by atoms with E-state index in [9.17, 15) is 9.59 Å². The van der Waals surface area contributed by atoms with Gasteiger partial charge in [0.15, 0.2) is 0 Å². The number of carbonyl (C=O) groups is 2. The first-order chi connectivity index (χ1) is 17.6. The van der Waals surface area contributed by atoms with Crippen molar-refractivity contribution < 1.29 is 19.1 Å². The van der Waals surface area contributed by atoms with Gasteiger partial charge in [0.05, 0.1) is 20.1 Å². The lowest BCUT2D eigenvalue weighted by Gasteiger charge is -2.37. The first kappa shape index (κ1) is 30.0. The van der Waals surface area contributed by atoms with Gasteiger partial charge in [0.2, 0.25) is 5.91 Å². The lowest BCUT2D eigenvalue weighted by atomic mass is 9.68. The maximum Gasteiger partial charge on any atom is 0.312 e. The average molecular weight is 512 g/mol. The van der Waals surface area contributed by atoms with Crippen molar-refractivity contribution in [3.8, 4) is 11.5 Å². The Kier molecular flexibility index (Phi) is 11.8. The Bertz CT molecular complexity index is 1020. The van der Waals surface area contributed by atoms with E-state index in [1.807, 2.05) is 42.5 Å². The van der Waals surface area contributed by atoms with Gasteiger partial charge in [-0.3, -0.25) is 4.79 Å². The van der Waals surface area contributed by atoms with Crippen molar-refractivity contribution in [3.05, 3.63) is 53.6 Å². The highest BCUT2D eigenvalue weighted by Gasteiger charge is 2.39. The number of ether oxygens (including phenoxy) is 2. The summed E-state index contributed by atoms with van der Waals surface area (Å²) in [5, 5.41) is 5.81. The van der Waals surface area contributed by atoms with Gasteiger partial charge in [-0.2, -0.15) is 0 Å². The van der Waals surface area contributed by atoms with E-state index in [1.54, 1.807) is 14.2 Å². The molecule has 0 aliphatic rings. The van der Waals surface area contributed by atoms with E-state index in [0.717, 1.165) is 66.8 Å². The van der Waals surface area contributed by atoms with Crippen LogP contribution in [0.5, 0.6) is 11.5 Å². The van der Waals surface area contributed by atoms with E-state index in [1.165, 1.54) is 0 Å². The molecule has 204 valence electrons. The SMILES string of the molecule is CCCCCC(c1ccc(OC)cc1OC)C(C(=O)Nc1cccc(CCCNC(N)=O)c1)C(C)(C)C. The first-order valence-electron chi connectivity index (χ1n) is 13.3. The second-order valence-electron chi connectivity index (χ2n) is 10.6. The predicted molar refractivity (Wildman–Crippen MR) is 150 cm³/mol. The van der Waals surface area contributed by atoms with Crippen LogP contribution in [-0.4, -0.2) is 32.7 Å². The van der Waals surface area contributed by atoms with Crippen molar-refractivity contribution in [2.45, 2.75) is 72.1 Å². The van der Waals surface area contributed by atoms with Crippen molar-refractivity contribution in [3.63, 3.8) is 0 Å². The number of nitrogens with two attached hydrogens (primary N) is 1. The number of nitrogens with one attached hydrogen (secondary N) is 2. The van der Waals surface area contributed by atoms with Gasteiger partial charge in [0.1, 0.15) is 11.5 Å². The number of urea groups is 1. The Morgan fingerprint density at radius 2 is 1.76 bits per heavy atom. The molecule has 0 bridgehead atoms. The summed E-state index contributed by atoms with van der Waals surface area (Å²) in [7, 11) is 3.30. The number of methoxy groups -OCH3 is 2. The van der Waals surface area contributed by atoms with Crippen LogP contribution in [0.2, 0.25) is 0 Å². The lowest BCUT2D eigenvalue weighted by molar-refractivity contribution is -0.124. The third-order valence-electron chi connectivity index (χ3n) is 6.71. The largest absolute Gasteiger partial charge is 0.497 e. The lowest BCUT2D eigenvalue weighted by Crippen LogP contribution is -2.38. The Morgan fingerprint density at radius 1 is 1.00 bits per heavy atom. The molecule has 2 unspecified atom stereocenters. The number of anilines is 1. The number of hydrogen-bond donors (Lipinski definition) is 3. The third-order valence-corrected chi connectivity index (χ3v) is 6.71. The zero-order chi connectivity index (χ0) is 27.4. The fraction of sp³-hybridized carbons (Fsp3) is 0.533. The Morgan fingerprint density at radius 3 is 2.38 bits per heavy atom. The van der Waals surface area contributed by atoms with E-state index in [4.69, 9.17) is 15.2 Å². The summed E-state index contributed by atoms with van der Waals surface area (Å²) >= 11 is 0. The molecule has 2 aromatic rings. The van der Waals surface area contributed by atoms with Crippen molar-refractivity contribution in [2.24, 2.45) is 17.1 Å². The molecule has 0 spiro atoms. The second kappa shape index (κ2) is 14.5. The van der Waals surface area contributed by atoms with Gasteiger partial charge < -0.3 is 25.8 Å². The van der Waals surface area contributed by atoms with Crippen molar-refractivity contribution in [2.75, 3.05) is 26.1 Å². The van der Waals surface area contributed by atoms with Crippen molar-refractivity contribution in [1.82, 2.24) is 5.32 Å². The van der Waals surface area contributed by atoms with Crippen LogP contribution in [0, 0.1) is 11.3 Å². The minimum atomic E-state index is -0.517. The quantitative estimate of drug-likeness (QED) is 0.260. The molecule has 37 heavy (non-hydrogen) atoms. The summed E-state index contributed by atoms with van der Waals surface area (Å²) in [6.45, 7) is 9.09. The number of carbonyl (C=O) groups excluding carboxylic acids is 2. The smallest absolute Gasteiger partial charge is 0.312 e. The minimum Gasteiger partial charge on any atom is -0.497 e. The summed E-state index contributed by atoms with van der Waals surface area (Å²) in [5.74, 6) is 1.17. The van der Waals surface area contributed by atoms with Crippen LogP contribution in [-0.2, 0) is 11.2 Å². The van der Waals surface area contributed by atoms with E-state index in [0.29, 0.717) is 6.54 Å². The van der Waals surface area contributed by atoms with Crippen molar-refractivity contribution in [1.29, 1.82) is 0 Å². The molecule has 2 rings (SSSR count). The van der Waals surface area contributed by atoms with E-state index in [-0.39, 0.29) is 23.2 Å². The fourth-order valence-electron chi connectivity index (χ4n) is 4.95. The molecule has 2 aromatic carbocycles. The molecule has 0 fully saturated rings. The molecule has 7 nitrogen and oxygen atoms in total. The van der Waals surface area contributed by atoms with Gasteiger partial charge in [-0.15, -0.1) is 0 Å². The first-order valence-corrected chi connectivity index (χ1v) is 13.3. The second-order valence-corrected chi connectivity index (χ2v) is 10.6. The highest BCUT2D eigenvalue weighted by atomic mass is 16.5. The van der Waals surface area contributed by atoms with Gasteiger partial charge in [-0.25, -0.2) is 4.79 Å². The Hall–Kier alpha value is -3.22. The minimum absolute atomic E-state index is 0.000542. The van der Waals surface area contributed by atoms with Gasteiger partial charge in [0.25, 0.3) is 0 Å². The number of primary amides is 1. The molecular formula is C30H45N3O4. The maximum atomic E-state index is 13.9. The molecule has 7 heteroatoms. The summed E-state index contributed by atoms with van der Waals surface area (Å²) in [4.78, 5) is 24.8. The molecular weight excluding hydrogens is 466 g/mol. The van der Waals surface area contributed by atoms with E-state index < -0.39 is 6.03 Å². The van der Waals surface area contributed by atoms with Crippen LogP contribution in [0.15, 0.2) is 42.5 Å². The number of benzene rings is 2. The molecule has 0 aliphatic carbocycles. The molecule has 3 amide bonds. The molecule has 0 heterocycles. The molecule has 2 atom stereocenters. The summed E-state index contributed by atoms with van der Waals surface area (Å²) in [6.07, 6.45) is 5.68. The fourth-order valence-corrected chi connectivity index (χ4v) is 4.95. The number of unbranched alkanes of at least 4 members (excludes halogenated alkanes) is 2. The zero-order valence-electron chi connectivity index (χ0n) is 23.4. The molecule has 0 saturated carbocycles. The normalized spacial score (nSPS) is 12.9. The van der Waals surface area contributed by atoms with Crippen molar-refractivity contribution >= 4 is 17.6 Å². The van der Waals surface area contributed by atoms with Gasteiger partial charge in [0, 0.05) is 18.3 Å². The standard InChI is InChI=1S/C30H45N3O4/c1-7-8-9-15-25(24-17-16-23(36-5)20-26(24)37-6)27(30(2,3)4)28(34)33-22-14-10-12-21(19-22)13-11-18-32-29(31)35/h10,12,14,16-17,19-20,25,27H,7-9,11,13,15,18H2,1-6H3,(H,33,34)(H3,31,32,35). The predicted octanol–water partition coefficient (Wildman–Crippen LogP) is 6.27. The maximum absolute atomic E-state index is 13.9. The summed E-state index contributed by atoms with van der Waals surface area (Å²) < 4.78 is 11.2. The number of aryl methyl sites for hydroxylation is 1. The van der Waals surface area contributed by atoms with Gasteiger partial charge >= 0.3 is 6.03 Å². The molecule has 0 saturated heterocycles. The van der Waals surface area contributed by atoms with Crippen LogP contribution in [0.1, 0.15) is 76.8 Å². The Balaban J connectivity index is 2.34. The monoisotopic (exact) mass is 511 g/mol. The molecule has 0 radical (unpaired) electrons. The number of hydrogen-bond acceptors (Lipinski definition) is 4. The number of rotatable bonds is 14. The van der Waals surface area contributed by atoms with Crippen LogP contribution in [0.25, 0.3) is 0 Å². The molecule has 0 aliphatic heterocycles. The van der Waals surface area contributed by atoms with Crippen LogP contribution in [0.3, 0.4) is 0 Å². The average Bonchev–Trinajstić information content (AvgIpc) is 2.85. The summed E-state index contributed by atoms with van der Waals surface area (Å²) in [5.41, 5.74) is 7.75. The summed E-state index contributed by atoms with van der Waals surface area (Å²) in [6, 6.07) is 13.3. The van der Waals surface area contributed by atoms with Gasteiger partial charge in [-0.05, 0) is 59.9 Å². The highest BCUT2D eigenvalue weighted by Crippen LogP contribution is 2.45. The zero-order valence-corrected chi connectivity index (χ0v) is 23.4. The van der Waals surface area contributed by atoms with Crippen LogP contribution < -0.4 is 25.8 Å². The van der Waals surface area contributed by atoms with E-state index >= 15 is 0 Å². The molecule has 0 aromatic heterocycles. The van der Waals surface area contributed by atoms with Crippen LogP contribution in [0.4, 0.5) is 10.5 Å². The van der Waals surface area contributed by atoms with Gasteiger partial charge in [-0.1, -0.05) is 65.2 Å².